The van der Waals surface area contributed by atoms with Gasteiger partial charge in [0.2, 0.25) is 5.95 Å². The van der Waals surface area contributed by atoms with Crippen LogP contribution in [0.25, 0.3) is 22.3 Å². The topological polar surface area (TPSA) is 98.8 Å². The van der Waals surface area contributed by atoms with Crippen molar-refractivity contribution in [3.8, 4) is 5.75 Å². The molecule has 1 aliphatic rings. The number of aromatic amines is 1. The normalized spacial score (nSPS) is 14.1. The van der Waals surface area contributed by atoms with E-state index in [2.05, 4.69) is 27.0 Å². The van der Waals surface area contributed by atoms with E-state index in [1.165, 1.54) is 18.2 Å². The summed E-state index contributed by atoms with van der Waals surface area (Å²) in [6.45, 7) is 4.52. The average molecular weight is 516 g/mol. The van der Waals surface area contributed by atoms with E-state index in [1.807, 2.05) is 29.7 Å². The average Bonchev–Trinajstić information content (AvgIpc) is 3.43. The molecular formula is C28H23F2N5O3. The molecule has 192 valence electrons. The van der Waals surface area contributed by atoms with Gasteiger partial charge in [-0.2, -0.15) is 9.37 Å². The number of nitrogens with one attached hydrogen (secondary N) is 1. The molecule has 1 aliphatic heterocycles. The second kappa shape index (κ2) is 9.37. The molecule has 4 heterocycles. The van der Waals surface area contributed by atoms with Crippen molar-refractivity contribution in [3.63, 3.8) is 0 Å². The van der Waals surface area contributed by atoms with Gasteiger partial charge in [0, 0.05) is 23.6 Å². The van der Waals surface area contributed by atoms with Gasteiger partial charge in [-0.3, -0.25) is 9.51 Å². The van der Waals surface area contributed by atoms with Gasteiger partial charge in [0.15, 0.2) is 11.5 Å². The van der Waals surface area contributed by atoms with Crippen molar-refractivity contribution in [3.05, 3.63) is 105 Å². The van der Waals surface area contributed by atoms with Crippen molar-refractivity contribution in [2.75, 3.05) is 0 Å². The number of ether oxygens (including phenoxy) is 1. The highest BCUT2D eigenvalue weighted by atomic mass is 19.1. The Morgan fingerprint density at radius 1 is 1.08 bits per heavy atom. The lowest BCUT2D eigenvalue weighted by Gasteiger charge is -2.15. The van der Waals surface area contributed by atoms with Crippen LogP contribution in [-0.4, -0.2) is 24.7 Å². The van der Waals surface area contributed by atoms with Crippen molar-refractivity contribution >= 4 is 22.3 Å². The van der Waals surface area contributed by atoms with Crippen LogP contribution >= 0.6 is 0 Å². The molecule has 0 aliphatic carbocycles. The number of nitrogens with zero attached hydrogens (tertiary/aromatic N) is 4. The minimum Gasteiger partial charge on any atom is -0.488 e. The number of rotatable bonds is 5. The molecule has 3 aromatic heterocycles. The number of aromatic nitrogens is 5. The summed E-state index contributed by atoms with van der Waals surface area (Å²) in [5.74, 6) is -0.148. The molecule has 38 heavy (non-hydrogen) atoms. The van der Waals surface area contributed by atoms with Crippen LogP contribution < -0.4 is 10.5 Å². The predicted octanol–water partition coefficient (Wildman–Crippen LogP) is 5.26. The van der Waals surface area contributed by atoms with Crippen LogP contribution in [0.2, 0.25) is 0 Å². The first-order chi connectivity index (χ1) is 18.4. The molecule has 0 saturated heterocycles. The van der Waals surface area contributed by atoms with E-state index in [0.29, 0.717) is 34.6 Å². The number of pyridine rings is 1. The van der Waals surface area contributed by atoms with Crippen LogP contribution in [0.1, 0.15) is 54.2 Å². The molecule has 1 N–H and O–H groups in total. The van der Waals surface area contributed by atoms with Crippen molar-refractivity contribution in [1.82, 2.24) is 24.7 Å². The highest BCUT2D eigenvalue weighted by molar-refractivity contribution is 5.99. The van der Waals surface area contributed by atoms with Gasteiger partial charge in [0.1, 0.15) is 29.5 Å². The molecule has 0 spiro atoms. The Morgan fingerprint density at radius 2 is 1.92 bits per heavy atom. The smallest absolute Gasteiger partial charge is 0.439 e. The molecular weight excluding hydrogens is 492 g/mol. The number of aryl methyl sites for hydroxylation is 1. The summed E-state index contributed by atoms with van der Waals surface area (Å²) in [4.78, 5) is 23.0. The highest BCUT2D eigenvalue weighted by Gasteiger charge is 2.24. The zero-order valence-corrected chi connectivity index (χ0v) is 20.7. The molecule has 6 rings (SSSR count). The maximum atomic E-state index is 14.1. The molecule has 10 heteroatoms. The fourth-order valence-corrected chi connectivity index (χ4v) is 4.93. The third-order valence-corrected chi connectivity index (χ3v) is 6.66. The van der Waals surface area contributed by atoms with Crippen molar-refractivity contribution in [2.24, 2.45) is 0 Å². The third kappa shape index (κ3) is 4.17. The van der Waals surface area contributed by atoms with Crippen molar-refractivity contribution in [2.45, 2.75) is 39.8 Å². The number of benzene rings is 2. The number of hydrogen-bond acceptors (Lipinski definition) is 6. The Labute approximate surface area is 215 Å². The number of imidazole rings is 1. The van der Waals surface area contributed by atoms with Crippen LogP contribution in [0.5, 0.6) is 5.75 Å². The molecule has 0 amide bonds. The van der Waals surface area contributed by atoms with Crippen molar-refractivity contribution in [1.29, 1.82) is 0 Å². The molecule has 2 aromatic carbocycles. The second-order valence-electron chi connectivity index (χ2n) is 9.21. The minimum atomic E-state index is -0.666. The van der Waals surface area contributed by atoms with Gasteiger partial charge in [0.05, 0.1) is 6.54 Å². The maximum Gasteiger partial charge on any atom is 0.439 e. The Kier molecular flexibility index (Phi) is 5.86. The molecule has 8 nitrogen and oxygen atoms in total. The van der Waals surface area contributed by atoms with Gasteiger partial charge in [-0.1, -0.05) is 24.2 Å². The summed E-state index contributed by atoms with van der Waals surface area (Å²) in [7, 11) is 0. The van der Waals surface area contributed by atoms with Crippen molar-refractivity contribution < 1.29 is 18.0 Å². The van der Waals surface area contributed by atoms with Gasteiger partial charge in [0.25, 0.3) is 0 Å². The molecule has 0 fully saturated rings. The second-order valence-corrected chi connectivity index (χ2v) is 9.21. The highest BCUT2D eigenvalue weighted by Crippen LogP contribution is 2.41. The number of halogens is 2. The lowest BCUT2D eigenvalue weighted by atomic mass is 9.89. The molecule has 0 unspecified atom stereocenters. The standard InChI is InChI=1S/C28H23F2N5O3/c1-3-4-24-31-21-9-10-23(30)32-27(21)35(24)13-16-5-7-19-17(11-16)14-37-22-12-18(29)6-8-20(22)25(19)15(2)26-33-28(36)38-34-26/h5-12H,3-4,13-14H2,1-2H3,(H,33,34,36)/b25-15-. The number of hydrogen-bond donors (Lipinski definition) is 1. The summed E-state index contributed by atoms with van der Waals surface area (Å²) < 4.78 is 40.8. The molecule has 0 radical (unpaired) electrons. The Hall–Kier alpha value is -4.60. The van der Waals surface area contributed by atoms with E-state index < -0.39 is 17.5 Å². The van der Waals surface area contributed by atoms with E-state index in [-0.39, 0.29) is 12.4 Å². The van der Waals surface area contributed by atoms with E-state index in [4.69, 9.17) is 9.26 Å². The van der Waals surface area contributed by atoms with Gasteiger partial charge < -0.3 is 9.30 Å². The largest absolute Gasteiger partial charge is 0.488 e. The quantitative estimate of drug-likeness (QED) is 0.321. The van der Waals surface area contributed by atoms with E-state index >= 15 is 0 Å². The summed E-state index contributed by atoms with van der Waals surface area (Å²) in [5, 5.41) is 3.85. The fourth-order valence-electron chi connectivity index (χ4n) is 4.93. The summed E-state index contributed by atoms with van der Waals surface area (Å²) in [6, 6.07) is 13.3. The van der Waals surface area contributed by atoms with Gasteiger partial charge >= 0.3 is 5.76 Å². The number of fused-ring (bicyclic) bond motifs is 3. The Morgan fingerprint density at radius 3 is 2.71 bits per heavy atom. The van der Waals surface area contributed by atoms with Crippen LogP contribution in [0, 0.1) is 11.8 Å². The first-order valence-corrected chi connectivity index (χ1v) is 12.2. The summed E-state index contributed by atoms with van der Waals surface area (Å²) in [5.41, 5.74) is 5.86. The van der Waals surface area contributed by atoms with E-state index in [0.717, 1.165) is 40.9 Å². The maximum absolute atomic E-state index is 14.1. The number of allylic oxidation sites excluding steroid dienone is 1. The summed E-state index contributed by atoms with van der Waals surface area (Å²) >= 11 is 0. The van der Waals surface area contributed by atoms with Crippen LogP contribution in [0.15, 0.2) is 57.8 Å². The third-order valence-electron chi connectivity index (χ3n) is 6.66. The Bertz CT molecular complexity index is 1780. The van der Waals surface area contributed by atoms with Crippen LogP contribution in [-0.2, 0) is 19.6 Å². The monoisotopic (exact) mass is 515 g/mol. The molecule has 5 aromatic rings. The minimum absolute atomic E-state index is 0.200. The molecule has 0 atom stereocenters. The number of H-pyrrole nitrogens is 1. The van der Waals surface area contributed by atoms with E-state index in [1.54, 1.807) is 12.1 Å². The Balaban J connectivity index is 1.48. The summed E-state index contributed by atoms with van der Waals surface area (Å²) in [6.07, 6.45) is 1.62. The van der Waals surface area contributed by atoms with Gasteiger partial charge in [-0.25, -0.2) is 14.2 Å². The molecule has 0 bridgehead atoms. The zero-order chi connectivity index (χ0) is 26.4. The zero-order valence-electron chi connectivity index (χ0n) is 20.7. The first kappa shape index (κ1) is 23.8. The van der Waals surface area contributed by atoms with Crippen LogP contribution in [0.4, 0.5) is 8.78 Å². The lowest BCUT2D eigenvalue weighted by Crippen LogP contribution is -2.07. The first-order valence-electron chi connectivity index (χ1n) is 12.2. The van der Waals surface area contributed by atoms with E-state index in [9.17, 15) is 13.6 Å². The van der Waals surface area contributed by atoms with Gasteiger partial charge in [-0.15, -0.1) is 0 Å². The predicted molar refractivity (Wildman–Crippen MR) is 136 cm³/mol. The molecule has 0 saturated carbocycles. The SMILES string of the molecule is CCCc1nc2ccc(F)nc2n1Cc1ccc2c(c1)COc1cc(F)ccc1/C2=C(/C)c1noc(=O)[nH]1. The van der Waals surface area contributed by atoms with Gasteiger partial charge in [-0.05, 0) is 65.9 Å². The van der Waals surface area contributed by atoms with Crippen LogP contribution in [0.3, 0.4) is 0 Å². The fraction of sp³-hybridized carbons (Fsp3) is 0.214. The lowest BCUT2D eigenvalue weighted by molar-refractivity contribution is 0.305.